The average Bonchev–Trinajstić information content (AvgIpc) is 3.19. The Balaban J connectivity index is 1.40. The zero-order valence-electron chi connectivity index (χ0n) is 12.2. The molecule has 0 fully saturated rings. The van der Waals surface area contributed by atoms with Gasteiger partial charge in [-0.05, 0) is 47.0 Å². The fourth-order valence-electron chi connectivity index (χ4n) is 3.05. The SMILES string of the molecule is O=C(NCc1ccc2sccc2c1)C1CCn2nccc2C1. The number of amides is 1. The number of carbonyl (C=O) groups is 1. The first-order chi connectivity index (χ1) is 10.8. The summed E-state index contributed by atoms with van der Waals surface area (Å²) < 4.78 is 3.28. The molecule has 1 aliphatic heterocycles. The number of nitrogens with one attached hydrogen (secondary N) is 1. The minimum atomic E-state index is 0.0640. The van der Waals surface area contributed by atoms with E-state index in [1.807, 2.05) is 16.9 Å². The van der Waals surface area contributed by atoms with Crippen LogP contribution in [0.15, 0.2) is 41.9 Å². The number of fused-ring (bicyclic) bond motifs is 2. The van der Waals surface area contributed by atoms with Crippen LogP contribution in [0.1, 0.15) is 17.7 Å². The Bertz CT molecular complexity index is 820. The molecule has 5 heteroatoms. The Kier molecular flexibility index (Phi) is 3.42. The fraction of sp³-hybridized carbons (Fsp3) is 0.294. The summed E-state index contributed by atoms with van der Waals surface area (Å²) in [6.07, 6.45) is 3.46. The molecule has 22 heavy (non-hydrogen) atoms. The maximum atomic E-state index is 12.4. The van der Waals surface area contributed by atoms with Crippen molar-refractivity contribution in [2.75, 3.05) is 0 Å². The molecule has 1 N–H and O–H groups in total. The highest BCUT2D eigenvalue weighted by atomic mass is 32.1. The van der Waals surface area contributed by atoms with Gasteiger partial charge in [-0.1, -0.05) is 6.07 Å². The van der Waals surface area contributed by atoms with Gasteiger partial charge in [-0.15, -0.1) is 11.3 Å². The fourth-order valence-corrected chi connectivity index (χ4v) is 3.82. The summed E-state index contributed by atoms with van der Waals surface area (Å²) in [4.78, 5) is 12.4. The lowest BCUT2D eigenvalue weighted by molar-refractivity contribution is -0.125. The molecule has 0 saturated carbocycles. The topological polar surface area (TPSA) is 46.9 Å². The van der Waals surface area contributed by atoms with E-state index in [9.17, 15) is 4.79 Å². The Morgan fingerprint density at radius 2 is 2.32 bits per heavy atom. The first-order valence-electron chi connectivity index (χ1n) is 7.54. The summed E-state index contributed by atoms with van der Waals surface area (Å²) in [6.45, 7) is 1.43. The van der Waals surface area contributed by atoms with Crippen LogP contribution in [0, 0.1) is 5.92 Å². The summed E-state index contributed by atoms with van der Waals surface area (Å²) in [5.74, 6) is 0.215. The number of aromatic nitrogens is 2. The number of hydrogen-bond donors (Lipinski definition) is 1. The van der Waals surface area contributed by atoms with Crippen LogP contribution in [0.3, 0.4) is 0 Å². The van der Waals surface area contributed by atoms with Gasteiger partial charge in [-0.3, -0.25) is 9.48 Å². The quantitative estimate of drug-likeness (QED) is 0.808. The number of thiophene rings is 1. The standard InChI is InChI=1S/C17H17N3OS/c21-17(14-4-7-20-15(10-14)3-6-19-20)18-11-12-1-2-16-13(9-12)5-8-22-16/h1-3,5-6,8-9,14H,4,7,10-11H2,(H,18,21). The molecule has 0 spiro atoms. The molecule has 0 bridgehead atoms. The zero-order valence-corrected chi connectivity index (χ0v) is 13.0. The first-order valence-corrected chi connectivity index (χ1v) is 8.42. The zero-order chi connectivity index (χ0) is 14.9. The Hall–Kier alpha value is -2.14. The third-order valence-corrected chi connectivity index (χ3v) is 5.20. The minimum Gasteiger partial charge on any atom is -0.352 e. The summed E-state index contributed by atoms with van der Waals surface area (Å²) in [5, 5.41) is 10.7. The van der Waals surface area contributed by atoms with Gasteiger partial charge < -0.3 is 5.32 Å². The number of rotatable bonds is 3. The predicted molar refractivity (Wildman–Crippen MR) is 87.7 cm³/mol. The lowest BCUT2D eigenvalue weighted by Crippen LogP contribution is -2.35. The third kappa shape index (κ3) is 2.52. The molecule has 3 aromatic rings. The molecule has 1 amide bonds. The van der Waals surface area contributed by atoms with Crippen LogP contribution in [0.2, 0.25) is 0 Å². The second-order valence-corrected chi connectivity index (χ2v) is 6.69. The molecule has 3 heterocycles. The molecule has 0 radical (unpaired) electrons. The van der Waals surface area contributed by atoms with Crippen molar-refractivity contribution in [1.29, 1.82) is 0 Å². The lowest BCUT2D eigenvalue weighted by atomic mass is 9.95. The lowest BCUT2D eigenvalue weighted by Gasteiger charge is -2.22. The molecule has 1 aliphatic rings. The molecular weight excluding hydrogens is 294 g/mol. The van der Waals surface area contributed by atoms with Crippen molar-refractivity contribution >= 4 is 27.3 Å². The van der Waals surface area contributed by atoms with Gasteiger partial charge in [-0.25, -0.2) is 0 Å². The largest absolute Gasteiger partial charge is 0.352 e. The summed E-state index contributed by atoms with van der Waals surface area (Å²) in [6, 6.07) is 10.5. The number of aryl methyl sites for hydroxylation is 1. The summed E-state index contributed by atoms with van der Waals surface area (Å²) in [7, 11) is 0. The van der Waals surface area contributed by atoms with Crippen LogP contribution in [0.25, 0.3) is 10.1 Å². The highest BCUT2D eigenvalue weighted by molar-refractivity contribution is 7.17. The van der Waals surface area contributed by atoms with E-state index >= 15 is 0 Å². The van der Waals surface area contributed by atoms with Crippen molar-refractivity contribution in [3.05, 3.63) is 53.2 Å². The minimum absolute atomic E-state index is 0.0640. The van der Waals surface area contributed by atoms with Crippen molar-refractivity contribution in [3.63, 3.8) is 0 Å². The summed E-state index contributed by atoms with van der Waals surface area (Å²) in [5.41, 5.74) is 2.31. The van der Waals surface area contributed by atoms with E-state index in [4.69, 9.17) is 0 Å². The molecule has 0 aliphatic carbocycles. The number of benzene rings is 1. The van der Waals surface area contributed by atoms with Crippen molar-refractivity contribution in [2.45, 2.75) is 25.9 Å². The van der Waals surface area contributed by atoms with Gasteiger partial charge in [-0.2, -0.15) is 5.10 Å². The van der Waals surface area contributed by atoms with Gasteiger partial charge in [0, 0.05) is 42.0 Å². The number of hydrogen-bond acceptors (Lipinski definition) is 3. The van der Waals surface area contributed by atoms with Crippen LogP contribution >= 0.6 is 11.3 Å². The van der Waals surface area contributed by atoms with Gasteiger partial charge in [0.25, 0.3) is 0 Å². The van der Waals surface area contributed by atoms with Crippen LogP contribution in [-0.2, 0) is 24.3 Å². The Labute approximate surface area is 132 Å². The average molecular weight is 311 g/mol. The van der Waals surface area contributed by atoms with Crippen LogP contribution in [-0.4, -0.2) is 15.7 Å². The van der Waals surface area contributed by atoms with E-state index in [1.54, 1.807) is 11.3 Å². The smallest absolute Gasteiger partial charge is 0.223 e. The predicted octanol–water partition coefficient (Wildman–Crippen LogP) is 2.98. The van der Waals surface area contributed by atoms with Gasteiger partial charge >= 0.3 is 0 Å². The second-order valence-electron chi connectivity index (χ2n) is 5.75. The van der Waals surface area contributed by atoms with E-state index < -0.39 is 0 Å². The third-order valence-electron chi connectivity index (χ3n) is 4.30. The molecule has 4 rings (SSSR count). The molecule has 112 valence electrons. The highest BCUT2D eigenvalue weighted by Gasteiger charge is 2.24. The monoisotopic (exact) mass is 311 g/mol. The second kappa shape index (κ2) is 5.57. The number of carbonyl (C=O) groups excluding carboxylic acids is 1. The normalized spacial score (nSPS) is 17.4. The number of nitrogens with zero attached hydrogens (tertiary/aromatic N) is 2. The van der Waals surface area contributed by atoms with E-state index in [2.05, 4.69) is 40.1 Å². The van der Waals surface area contributed by atoms with E-state index in [-0.39, 0.29) is 11.8 Å². The summed E-state index contributed by atoms with van der Waals surface area (Å²) >= 11 is 1.74. The van der Waals surface area contributed by atoms with Crippen molar-refractivity contribution in [1.82, 2.24) is 15.1 Å². The van der Waals surface area contributed by atoms with Crippen molar-refractivity contribution in [2.24, 2.45) is 5.92 Å². The van der Waals surface area contributed by atoms with Crippen molar-refractivity contribution in [3.8, 4) is 0 Å². The molecule has 0 saturated heterocycles. The molecular formula is C17H17N3OS. The highest BCUT2D eigenvalue weighted by Crippen LogP contribution is 2.22. The van der Waals surface area contributed by atoms with E-state index in [1.165, 1.54) is 10.1 Å². The molecule has 1 aromatic carbocycles. The van der Waals surface area contributed by atoms with E-state index in [0.717, 1.165) is 30.6 Å². The van der Waals surface area contributed by atoms with E-state index in [0.29, 0.717) is 6.54 Å². The molecule has 2 aromatic heterocycles. The Morgan fingerprint density at radius 3 is 3.27 bits per heavy atom. The molecule has 1 atom stereocenters. The van der Waals surface area contributed by atoms with Gasteiger partial charge in [0.15, 0.2) is 0 Å². The van der Waals surface area contributed by atoms with Gasteiger partial charge in [0.05, 0.1) is 0 Å². The van der Waals surface area contributed by atoms with Crippen LogP contribution in [0.5, 0.6) is 0 Å². The Morgan fingerprint density at radius 1 is 1.36 bits per heavy atom. The van der Waals surface area contributed by atoms with Crippen LogP contribution < -0.4 is 5.32 Å². The first kappa shape index (κ1) is 13.5. The van der Waals surface area contributed by atoms with Crippen LogP contribution in [0.4, 0.5) is 0 Å². The molecule has 1 unspecified atom stereocenters. The van der Waals surface area contributed by atoms with Crippen molar-refractivity contribution < 1.29 is 4.79 Å². The van der Waals surface area contributed by atoms with Gasteiger partial charge in [0.1, 0.15) is 0 Å². The van der Waals surface area contributed by atoms with Gasteiger partial charge in [0.2, 0.25) is 5.91 Å². The maximum absolute atomic E-state index is 12.4. The molecule has 4 nitrogen and oxygen atoms in total. The maximum Gasteiger partial charge on any atom is 0.223 e.